The Hall–Kier alpha value is -3.30. The highest BCUT2D eigenvalue weighted by atomic mass is 32.2. The molecule has 174 valence electrons. The van der Waals surface area contributed by atoms with Crippen LogP contribution in [0.1, 0.15) is 36.5 Å². The summed E-state index contributed by atoms with van der Waals surface area (Å²) in [5, 5.41) is 30.0. The van der Waals surface area contributed by atoms with Crippen molar-refractivity contribution in [3.8, 4) is 5.75 Å². The molecule has 0 aliphatic carbocycles. The Balaban J connectivity index is 2.10. The number of β-amino-alcohol motifs (C(OH)–C–C–N with tert-alkyl or cyclic N) is 1. The second-order valence-electron chi connectivity index (χ2n) is 7.67. The van der Waals surface area contributed by atoms with E-state index in [0.717, 1.165) is 11.1 Å². The fourth-order valence-corrected chi connectivity index (χ4v) is 4.75. The van der Waals surface area contributed by atoms with E-state index in [2.05, 4.69) is 0 Å². The molecular formula is C24H26N2O6S. The number of ether oxygens (including phenoxy) is 1. The molecular weight excluding hydrogens is 444 g/mol. The maximum absolute atomic E-state index is 12.2. The monoisotopic (exact) mass is 470 g/mol. The lowest BCUT2D eigenvalue weighted by molar-refractivity contribution is -0.431. The molecule has 0 saturated carbocycles. The minimum atomic E-state index is -1.17. The summed E-state index contributed by atoms with van der Waals surface area (Å²) in [7, 11) is 0. The predicted molar refractivity (Wildman–Crippen MR) is 126 cm³/mol. The summed E-state index contributed by atoms with van der Waals surface area (Å²) in [4.78, 5) is 25.3. The fraction of sp³-hybridized carbons (Fsp3) is 0.292. The molecule has 0 spiro atoms. The van der Waals surface area contributed by atoms with Crippen LogP contribution in [0.15, 0.2) is 70.5 Å². The van der Waals surface area contributed by atoms with E-state index >= 15 is 0 Å². The topological polar surface area (TPSA) is 113 Å². The van der Waals surface area contributed by atoms with Crippen LogP contribution in [-0.2, 0) is 6.61 Å². The van der Waals surface area contributed by atoms with E-state index in [9.17, 15) is 25.1 Å². The molecule has 33 heavy (non-hydrogen) atoms. The lowest BCUT2D eigenvalue weighted by Crippen LogP contribution is -2.33. The van der Waals surface area contributed by atoms with Crippen LogP contribution < -0.4 is 4.74 Å². The molecule has 2 aromatic rings. The minimum absolute atomic E-state index is 0.122. The van der Waals surface area contributed by atoms with E-state index in [-0.39, 0.29) is 25.5 Å². The van der Waals surface area contributed by atoms with Crippen LogP contribution in [0.2, 0.25) is 0 Å². The number of aryl methyl sites for hydroxylation is 1. The highest BCUT2D eigenvalue weighted by Crippen LogP contribution is 2.49. The number of benzene rings is 2. The van der Waals surface area contributed by atoms with E-state index in [0.29, 0.717) is 39.4 Å². The van der Waals surface area contributed by atoms with Gasteiger partial charge >= 0.3 is 5.30 Å². The van der Waals surface area contributed by atoms with Crippen molar-refractivity contribution in [1.82, 2.24) is 4.90 Å². The molecule has 0 saturated heterocycles. The van der Waals surface area contributed by atoms with Gasteiger partial charge in [-0.3, -0.25) is 10.1 Å². The third-order valence-corrected chi connectivity index (χ3v) is 6.46. The first-order chi connectivity index (χ1) is 15.7. The van der Waals surface area contributed by atoms with Crippen LogP contribution in [0.25, 0.3) is 0 Å². The molecule has 1 atom stereocenters. The maximum atomic E-state index is 12.2. The van der Waals surface area contributed by atoms with Gasteiger partial charge in [-0.05, 0) is 44.2 Å². The number of hydrogen-bond donors (Lipinski definition) is 2. The van der Waals surface area contributed by atoms with Crippen LogP contribution in [0.4, 0.5) is 4.79 Å². The van der Waals surface area contributed by atoms with E-state index in [4.69, 9.17) is 4.74 Å². The van der Waals surface area contributed by atoms with Gasteiger partial charge in [0.2, 0.25) is 0 Å². The van der Waals surface area contributed by atoms with E-state index in [1.54, 1.807) is 43.0 Å². The summed E-state index contributed by atoms with van der Waals surface area (Å²) < 4.78 is 6.06. The Morgan fingerprint density at radius 3 is 2.39 bits per heavy atom. The second kappa shape index (κ2) is 10.5. The van der Waals surface area contributed by atoms with E-state index < -0.39 is 16.1 Å². The smallest absolute Gasteiger partial charge is 0.369 e. The number of carbonyl (C=O) groups is 1. The quantitative estimate of drug-likeness (QED) is 0.404. The number of aliphatic hydroxyl groups excluding tert-OH is 1. The third-order valence-electron chi connectivity index (χ3n) is 5.54. The van der Waals surface area contributed by atoms with Gasteiger partial charge in [-0.15, -0.1) is 0 Å². The van der Waals surface area contributed by atoms with Crippen molar-refractivity contribution in [3.63, 3.8) is 0 Å². The fourth-order valence-electron chi connectivity index (χ4n) is 3.95. The van der Waals surface area contributed by atoms with Crippen molar-refractivity contribution in [2.75, 3.05) is 13.2 Å². The zero-order valence-corrected chi connectivity index (χ0v) is 19.5. The molecule has 0 bridgehead atoms. The van der Waals surface area contributed by atoms with Crippen LogP contribution in [0, 0.1) is 17.0 Å². The van der Waals surface area contributed by atoms with Gasteiger partial charge < -0.3 is 19.8 Å². The van der Waals surface area contributed by atoms with E-state index in [1.807, 2.05) is 31.2 Å². The van der Waals surface area contributed by atoms with Gasteiger partial charge in [-0.25, -0.2) is 4.79 Å². The first-order valence-corrected chi connectivity index (χ1v) is 11.2. The largest absolute Gasteiger partial charge is 0.489 e. The number of rotatable bonds is 8. The van der Waals surface area contributed by atoms with Gasteiger partial charge in [0.05, 0.1) is 17.2 Å². The number of aliphatic hydroxyl groups is 1. The average Bonchev–Trinajstić information content (AvgIpc) is 2.77. The first-order valence-electron chi connectivity index (χ1n) is 10.4. The summed E-state index contributed by atoms with van der Waals surface area (Å²) in [6, 6.07) is 14.8. The van der Waals surface area contributed by atoms with Gasteiger partial charge in [0.25, 0.3) is 5.70 Å². The number of allylic oxidation sites excluding steroid dienone is 3. The maximum Gasteiger partial charge on any atom is 0.369 e. The lowest BCUT2D eigenvalue weighted by Gasteiger charge is -2.35. The van der Waals surface area contributed by atoms with Crippen molar-refractivity contribution >= 4 is 17.1 Å². The van der Waals surface area contributed by atoms with Gasteiger partial charge in [0, 0.05) is 22.7 Å². The summed E-state index contributed by atoms with van der Waals surface area (Å²) in [6.45, 7) is 5.48. The molecule has 0 aromatic heterocycles. The molecule has 0 radical (unpaired) electrons. The van der Waals surface area contributed by atoms with Crippen molar-refractivity contribution in [2.45, 2.75) is 33.3 Å². The van der Waals surface area contributed by atoms with Crippen molar-refractivity contribution < 1.29 is 24.7 Å². The highest BCUT2D eigenvalue weighted by molar-refractivity contribution is 8.16. The molecule has 0 amide bonds. The number of para-hydroxylation sites is 1. The Kier molecular flexibility index (Phi) is 7.78. The molecule has 0 fully saturated rings. The van der Waals surface area contributed by atoms with Gasteiger partial charge in [0.15, 0.2) is 0 Å². The van der Waals surface area contributed by atoms with Crippen LogP contribution in [0.3, 0.4) is 0 Å². The van der Waals surface area contributed by atoms with Crippen LogP contribution >= 0.6 is 11.8 Å². The van der Waals surface area contributed by atoms with Crippen molar-refractivity contribution in [3.05, 3.63) is 97.3 Å². The Morgan fingerprint density at radius 2 is 1.79 bits per heavy atom. The van der Waals surface area contributed by atoms with Crippen molar-refractivity contribution in [2.24, 2.45) is 0 Å². The molecule has 9 heteroatoms. The Morgan fingerprint density at radius 1 is 1.12 bits per heavy atom. The molecule has 1 aliphatic heterocycles. The van der Waals surface area contributed by atoms with Crippen LogP contribution in [0.5, 0.6) is 5.75 Å². The normalized spacial score (nSPS) is 16.2. The van der Waals surface area contributed by atoms with Gasteiger partial charge in [0.1, 0.15) is 18.3 Å². The Labute approximate surface area is 196 Å². The number of carboxylic acid groups (broad SMARTS) is 1. The number of nitrogens with zero attached hydrogens (tertiary/aromatic N) is 2. The SMILES string of the molecule is CC1=C(SC(=O)O)C(c2ccccc2OCc2ccc(C)cc2)C([N+](=O)[O-])=C(C)N1CCO. The minimum Gasteiger partial charge on any atom is -0.489 e. The molecule has 3 rings (SSSR count). The van der Waals surface area contributed by atoms with Gasteiger partial charge in [-0.1, -0.05) is 48.0 Å². The molecule has 2 aromatic carbocycles. The lowest BCUT2D eigenvalue weighted by atomic mass is 9.89. The summed E-state index contributed by atoms with van der Waals surface area (Å²) in [6.07, 6.45) is 0. The summed E-state index contributed by atoms with van der Waals surface area (Å²) >= 11 is 0.543. The van der Waals surface area contributed by atoms with E-state index in [1.165, 1.54) is 0 Å². The summed E-state index contributed by atoms with van der Waals surface area (Å²) in [5.74, 6) is -0.479. The van der Waals surface area contributed by atoms with Crippen molar-refractivity contribution in [1.29, 1.82) is 0 Å². The number of thioether (sulfide) groups is 1. The molecule has 1 heterocycles. The molecule has 2 N–H and O–H groups in total. The second-order valence-corrected chi connectivity index (χ2v) is 8.66. The molecule has 8 nitrogen and oxygen atoms in total. The zero-order chi connectivity index (χ0) is 24.1. The van der Waals surface area contributed by atoms with Crippen LogP contribution in [-0.4, -0.2) is 38.5 Å². The first kappa shape index (κ1) is 24.3. The predicted octanol–water partition coefficient (Wildman–Crippen LogP) is 5.12. The summed E-state index contributed by atoms with van der Waals surface area (Å²) in [5.41, 5.74) is 3.37. The molecule has 1 aliphatic rings. The number of nitro groups is 1. The standard InChI is InChI=1S/C24H26N2O6S/c1-15-8-10-18(11-9-15)14-32-20-7-5-4-6-19(20)21-22(26(30)31)16(2)25(12-13-27)17(3)23(21)33-24(28)29/h4-11,21,27H,12-14H2,1-3H3,(H,28,29). The molecule has 1 unspecified atom stereocenters. The highest BCUT2D eigenvalue weighted by Gasteiger charge is 2.42. The Bertz CT molecular complexity index is 1110. The zero-order valence-electron chi connectivity index (χ0n) is 18.6. The third kappa shape index (κ3) is 5.37. The van der Waals surface area contributed by atoms with Gasteiger partial charge in [-0.2, -0.15) is 0 Å². The number of hydrogen-bond acceptors (Lipinski definition) is 7. The average molecular weight is 471 g/mol.